The molecule has 0 aliphatic heterocycles. The average Bonchev–Trinajstić information content (AvgIpc) is 3.26. The molecule has 0 heterocycles. The van der Waals surface area contributed by atoms with Crippen LogP contribution in [0.2, 0.25) is 26.6 Å². The molecule has 0 radical (unpaired) electrons. The van der Waals surface area contributed by atoms with Crippen LogP contribution in [-0.2, 0) is 38.5 Å². The molecule has 68 heavy (non-hydrogen) atoms. The Balaban J connectivity index is 0.00000164. The molecular weight excluding hydrogens is 1070 g/mol. The van der Waals surface area contributed by atoms with Gasteiger partial charge in [0.2, 0.25) is 0 Å². The molecule has 0 saturated heterocycles. The standard InChI is InChI=1S/6C10H13.H3O4P.O.2Sn/c6*1-10(2,3)9-7-5-4-6-8-9;1-5(2,3)4;;;/h6*4-8H,1H2,2-3H3;(H3,1,2,3,4);;;. The summed E-state index contributed by atoms with van der Waals surface area (Å²) in [7, 11) is -4.64. The van der Waals surface area contributed by atoms with E-state index in [0.717, 1.165) is 26.6 Å². The number of hydrogen-bond acceptors (Lipinski definition) is 2. The van der Waals surface area contributed by atoms with E-state index in [-0.39, 0.29) is 32.5 Å². The quantitative estimate of drug-likeness (QED) is 0.0524. The zero-order valence-corrected chi connectivity index (χ0v) is 49.8. The van der Waals surface area contributed by atoms with Gasteiger partial charge in [-0.3, -0.25) is 0 Å². The van der Waals surface area contributed by atoms with Gasteiger partial charge in [0.1, 0.15) is 0 Å². The van der Waals surface area contributed by atoms with E-state index in [9.17, 15) is 1.41 Å². The molecule has 6 aromatic carbocycles. The van der Waals surface area contributed by atoms with Gasteiger partial charge in [-0.15, -0.1) is 0 Å². The second kappa shape index (κ2) is 22.6. The fourth-order valence-electron chi connectivity index (χ4n) is 11.8. The van der Waals surface area contributed by atoms with Crippen molar-refractivity contribution in [2.75, 3.05) is 0 Å². The van der Waals surface area contributed by atoms with Crippen LogP contribution in [0, 0.1) is 0 Å². The van der Waals surface area contributed by atoms with Gasteiger partial charge in [-0.1, -0.05) is 0 Å². The summed E-state index contributed by atoms with van der Waals surface area (Å²) in [6.07, 6.45) is 0. The number of rotatable bonds is 20. The van der Waals surface area contributed by atoms with Crippen LogP contribution < -0.4 is 0 Å². The van der Waals surface area contributed by atoms with Gasteiger partial charge >= 0.3 is 404 Å². The summed E-state index contributed by atoms with van der Waals surface area (Å²) in [5.74, 6) is 0. The van der Waals surface area contributed by atoms with Crippen molar-refractivity contribution in [1.82, 2.24) is 0 Å². The van der Waals surface area contributed by atoms with Crippen molar-refractivity contribution in [3.05, 3.63) is 215 Å². The minimum absolute atomic E-state index is 0.0900. The first-order valence-corrected chi connectivity index (χ1v) is 40.4. The second-order valence-electron chi connectivity index (χ2n) is 23.5. The molecule has 364 valence electrons. The van der Waals surface area contributed by atoms with Crippen LogP contribution in [-0.4, -0.2) is 52.3 Å². The first-order valence-electron chi connectivity index (χ1n) is 24.4. The van der Waals surface area contributed by atoms with Gasteiger partial charge in [0.15, 0.2) is 0 Å². The normalized spacial score (nSPS) is 13.4. The third kappa shape index (κ3) is 16.0. The molecule has 0 saturated carbocycles. The molecule has 0 aliphatic rings. The molecule has 5 nitrogen and oxygen atoms in total. The van der Waals surface area contributed by atoms with E-state index < -0.39 is 45.4 Å². The summed E-state index contributed by atoms with van der Waals surface area (Å²) in [4.78, 5) is 21.6. The van der Waals surface area contributed by atoms with Gasteiger partial charge in [0.05, 0.1) is 0 Å². The summed E-state index contributed by atoms with van der Waals surface area (Å²) < 4.78 is 24.9. The average molecular weight is 1150 g/mol. The van der Waals surface area contributed by atoms with Crippen LogP contribution >= 0.6 is 7.82 Å². The summed E-state index contributed by atoms with van der Waals surface area (Å²) in [5.41, 5.74) is 7.98. The van der Waals surface area contributed by atoms with E-state index in [2.05, 4.69) is 265 Å². The van der Waals surface area contributed by atoms with Crippen molar-refractivity contribution >= 4 is 45.4 Å². The molecule has 0 atom stereocenters. The molecule has 0 amide bonds. The molecule has 8 heteroatoms. The monoisotopic (exact) mass is 1150 g/mol. The smallest absolute Gasteiger partial charge is 0.303 e. The van der Waals surface area contributed by atoms with Crippen LogP contribution in [0.1, 0.15) is 116 Å². The predicted octanol–water partition coefficient (Wildman–Crippen LogP) is 15.8. The Labute approximate surface area is 420 Å². The Morgan fingerprint density at radius 2 is 0.426 bits per heavy atom. The van der Waals surface area contributed by atoms with Gasteiger partial charge in [-0.05, 0) is 0 Å². The van der Waals surface area contributed by atoms with E-state index in [0.29, 0.717) is 0 Å². The van der Waals surface area contributed by atoms with E-state index >= 15 is 0 Å². The van der Waals surface area contributed by atoms with Crippen molar-refractivity contribution in [3.63, 3.8) is 0 Å². The van der Waals surface area contributed by atoms with Gasteiger partial charge in [-0.25, -0.2) is 4.57 Å². The summed E-state index contributed by atoms with van der Waals surface area (Å²) in [5, 5.41) is 0. The third-order valence-corrected chi connectivity index (χ3v) is 59.6. The molecule has 6 aromatic rings. The van der Waals surface area contributed by atoms with Crippen LogP contribution in [0.5, 0.6) is 0 Å². The SMILES string of the molecule is CC(C)([CH2][Sn]([CH2]C(C)(C)c1ccccc1)([CH2]C(C)(C)c1ccccc1)[O][Sn]([CH2]C(C)(C)c1ccccc1)([CH2]C(C)(C)c1ccccc1)[CH2]C(C)(C)c1ccccc1)c1ccccc1.O=P(O)(O)O. The minimum atomic E-state index is -4.64. The Morgan fingerprint density at radius 1 is 0.309 bits per heavy atom. The van der Waals surface area contributed by atoms with Crippen molar-refractivity contribution in [1.29, 1.82) is 0 Å². The number of hydrogen-bond donors (Lipinski definition) is 3. The summed E-state index contributed by atoms with van der Waals surface area (Å²) in [6.45, 7) is 30.4. The Hall–Kier alpha value is -3.01. The minimum Gasteiger partial charge on any atom is -0.303 e. The first-order chi connectivity index (χ1) is 31.6. The Morgan fingerprint density at radius 3 is 0.544 bits per heavy atom. The second-order valence-corrected chi connectivity index (χ2v) is 48.6. The maximum absolute atomic E-state index is 9.39. The molecule has 6 rings (SSSR count). The predicted molar refractivity (Wildman–Crippen MR) is 293 cm³/mol. The summed E-state index contributed by atoms with van der Waals surface area (Å²) >= 11 is -8.23. The number of phosphoric acid groups is 1. The van der Waals surface area contributed by atoms with Crippen molar-refractivity contribution < 1.29 is 20.7 Å². The van der Waals surface area contributed by atoms with Crippen molar-refractivity contribution in [2.45, 2.75) is 142 Å². The van der Waals surface area contributed by atoms with Crippen LogP contribution in [0.4, 0.5) is 0 Å². The maximum Gasteiger partial charge on any atom is 0.466 e. The fourth-order valence-corrected chi connectivity index (χ4v) is 74.8. The van der Waals surface area contributed by atoms with Gasteiger partial charge in [0, 0.05) is 0 Å². The zero-order valence-electron chi connectivity index (χ0n) is 43.2. The zero-order chi connectivity index (χ0) is 50.1. The largest absolute Gasteiger partial charge is 0.466 e. The van der Waals surface area contributed by atoms with E-state index in [1.54, 1.807) is 0 Å². The fraction of sp³-hybridized carbons (Fsp3) is 0.400. The maximum atomic E-state index is 9.39. The topological polar surface area (TPSA) is 87.0 Å². The Kier molecular flexibility index (Phi) is 18.6. The number of benzene rings is 6. The first kappa shape index (κ1) is 55.9. The van der Waals surface area contributed by atoms with E-state index in [1.807, 2.05) is 0 Å². The molecule has 0 aliphatic carbocycles. The van der Waals surface area contributed by atoms with Gasteiger partial charge in [0.25, 0.3) is 0 Å². The van der Waals surface area contributed by atoms with Crippen molar-refractivity contribution in [3.8, 4) is 0 Å². The molecule has 3 N–H and O–H groups in total. The molecule has 0 aromatic heterocycles. The van der Waals surface area contributed by atoms with Gasteiger partial charge < -0.3 is 14.7 Å². The van der Waals surface area contributed by atoms with Crippen LogP contribution in [0.3, 0.4) is 0 Å². The summed E-state index contributed by atoms with van der Waals surface area (Å²) in [6, 6.07) is 68.6. The van der Waals surface area contributed by atoms with E-state index in [1.165, 1.54) is 33.4 Å². The molecule has 0 bridgehead atoms. The molecule has 0 fully saturated rings. The van der Waals surface area contributed by atoms with Crippen LogP contribution in [0.15, 0.2) is 182 Å². The Bertz CT molecular complexity index is 2050. The molecule has 0 unspecified atom stereocenters. The third-order valence-electron chi connectivity index (χ3n) is 14.3. The van der Waals surface area contributed by atoms with Crippen LogP contribution in [0.25, 0.3) is 0 Å². The van der Waals surface area contributed by atoms with Crippen molar-refractivity contribution in [2.24, 2.45) is 0 Å². The molecule has 0 spiro atoms. The van der Waals surface area contributed by atoms with E-state index in [4.69, 9.17) is 19.2 Å². The van der Waals surface area contributed by atoms with Gasteiger partial charge in [-0.2, -0.15) is 0 Å². The molecular formula is C60H81O5PSn2.